The predicted octanol–water partition coefficient (Wildman–Crippen LogP) is 5.33. The number of benzene rings is 4. The fourth-order valence-corrected chi connectivity index (χ4v) is 3.22. The van der Waals surface area contributed by atoms with Gasteiger partial charge in [-0.1, -0.05) is 84.9 Å². The molecule has 0 amide bonds. The zero-order valence-electron chi connectivity index (χ0n) is 15.5. The number of esters is 1. The zero-order valence-corrected chi connectivity index (χ0v) is 15.5. The van der Waals surface area contributed by atoms with Gasteiger partial charge in [0.15, 0.2) is 6.10 Å². The molecule has 0 spiro atoms. The molecule has 4 rings (SSSR count). The molecule has 0 aliphatic heterocycles. The molecule has 0 saturated carbocycles. The highest BCUT2D eigenvalue weighted by Gasteiger charge is 2.27. The van der Waals surface area contributed by atoms with Gasteiger partial charge in [0.1, 0.15) is 11.3 Å². The lowest BCUT2D eigenvalue weighted by Crippen LogP contribution is -2.20. The van der Waals surface area contributed by atoms with E-state index < -0.39 is 12.1 Å². The molecule has 0 aromatic heterocycles. The number of carbonyl (C=O) groups is 2. The summed E-state index contributed by atoms with van der Waals surface area (Å²) in [5.41, 5.74) is 1.03. The molecule has 4 aromatic rings. The molecule has 29 heavy (non-hydrogen) atoms. The Morgan fingerprint density at radius 1 is 0.724 bits per heavy atom. The number of hydrogen-bond donors (Lipinski definition) is 1. The van der Waals surface area contributed by atoms with Crippen LogP contribution in [0.4, 0.5) is 0 Å². The lowest BCUT2D eigenvalue weighted by Gasteiger charge is -2.18. The first kappa shape index (κ1) is 18.4. The first-order valence-electron chi connectivity index (χ1n) is 9.20. The van der Waals surface area contributed by atoms with Gasteiger partial charge in [-0.05, 0) is 22.9 Å². The van der Waals surface area contributed by atoms with Gasteiger partial charge in [-0.25, -0.2) is 4.79 Å². The molecule has 0 saturated heterocycles. The Bertz CT molecular complexity index is 1170. The van der Waals surface area contributed by atoms with Crippen LogP contribution >= 0.6 is 0 Å². The van der Waals surface area contributed by atoms with Crippen LogP contribution in [0.1, 0.15) is 32.4 Å². The molecule has 142 valence electrons. The summed E-state index contributed by atoms with van der Waals surface area (Å²) in [7, 11) is 0. The highest BCUT2D eigenvalue weighted by molar-refractivity contribution is 6.03. The maximum Gasteiger partial charge on any atom is 0.343 e. The van der Waals surface area contributed by atoms with E-state index in [-0.39, 0.29) is 17.1 Å². The van der Waals surface area contributed by atoms with E-state index in [4.69, 9.17) is 4.74 Å². The van der Waals surface area contributed by atoms with Crippen LogP contribution < -0.4 is 0 Å². The molecule has 0 bridgehead atoms. The summed E-state index contributed by atoms with van der Waals surface area (Å²) in [5, 5.41) is 11.9. The van der Waals surface area contributed by atoms with E-state index in [1.807, 2.05) is 36.4 Å². The van der Waals surface area contributed by atoms with E-state index in [0.717, 1.165) is 10.8 Å². The number of carbonyl (C=O) groups excluding carboxylic acids is 2. The summed E-state index contributed by atoms with van der Waals surface area (Å²) >= 11 is 0. The van der Waals surface area contributed by atoms with Gasteiger partial charge in [0.2, 0.25) is 5.78 Å². The first-order valence-corrected chi connectivity index (χ1v) is 9.20. The summed E-state index contributed by atoms with van der Waals surface area (Å²) < 4.78 is 5.62. The average molecular weight is 382 g/mol. The molecule has 0 fully saturated rings. The summed E-state index contributed by atoms with van der Waals surface area (Å²) in [6.07, 6.45) is -1.11. The van der Waals surface area contributed by atoms with Crippen molar-refractivity contribution >= 4 is 22.5 Å². The van der Waals surface area contributed by atoms with E-state index in [0.29, 0.717) is 11.1 Å². The molecule has 1 N–H and O–H groups in total. The van der Waals surface area contributed by atoms with Crippen LogP contribution in [0, 0.1) is 0 Å². The van der Waals surface area contributed by atoms with Gasteiger partial charge in [0.25, 0.3) is 0 Å². The molecule has 4 aromatic carbocycles. The molecule has 1 atom stereocenters. The molecule has 0 aliphatic rings. The second-order valence-electron chi connectivity index (χ2n) is 6.64. The number of aromatic hydroxyl groups is 1. The van der Waals surface area contributed by atoms with Crippen molar-refractivity contribution in [3.63, 3.8) is 0 Å². The standard InChI is InChI=1S/C25H18O4/c26-22-16-20-14-8-7-13-19(20)15-21(22)25(28)29-24(18-11-5-2-6-12-18)23(27)17-9-3-1-4-10-17/h1-16,24,26H. The topological polar surface area (TPSA) is 63.6 Å². The van der Waals surface area contributed by atoms with Crippen LogP contribution in [0.15, 0.2) is 97.1 Å². The molecular weight excluding hydrogens is 364 g/mol. The van der Waals surface area contributed by atoms with Crippen molar-refractivity contribution in [3.05, 3.63) is 114 Å². The molecule has 0 heterocycles. The molecular formula is C25H18O4. The Labute approximate surface area is 168 Å². The smallest absolute Gasteiger partial charge is 0.343 e. The number of ether oxygens (including phenoxy) is 1. The van der Waals surface area contributed by atoms with Gasteiger partial charge in [-0.2, -0.15) is 0 Å². The van der Waals surface area contributed by atoms with Crippen molar-refractivity contribution in [1.29, 1.82) is 0 Å². The summed E-state index contributed by atoms with van der Waals surface area (Å²) in [4.78, 5) is 26.0. The average Bonchev–Trinajstić information content (AvgIpc) is 2.77. The van der Waals surface area contributed by atoms with Crippen molar-refractivity contribution in [2.45, 2.75) is 6.10 Å². The largest absolute Gasteiger partial charge is 0.507 e. The highest BCUT2D eigenvalue weighted by atomic mass is 16.5. The fourth-order valence-electron chi connectivity index (χ4n) is 3.22. The van der Waals surface area contributed by atoms with E-state index in [9.17, 15) is 14.7 Å². The van der Waals surface area contributed by atoms with Gasteiger partial charge >= 0.3 is 5.97 Å². The monoisotopic (exact) mass is 382 g/mol. The normalized spacial score (nSPS) is 11.7. The van der Waals surface area contributed by atoms with Crippen LogP contribution in [-0.2, 0) is 4.74 Å². The SMILES string of the molecule is O=C(OC(C(=O)c1ccccc1)c1ccccc1)c1cc2ccccc2cc1O. The van der Waals surface area contributed by atoms with Crippen molar-refractivity contribution in [3.8, 4) is 5.75 Å². The number of fused-ring (bicyclic) bond motifs is 1. The van der Waals surface area contributed by atoms with Crippen LogP contribution in [-0.4, -0.2) is 16.9 Å². The molecule has 1 unspecified atom stereocenters. The van der Waals surface area contributed by atoms with Gasteiger partial charge in [0.05, 0.1) is 0 Å². The van der Waals surface area contributed by atoms with Crippen LogP contribution in [0.5, 0.6) is 5.75 Å². The van der Waals surface area contributed by atoms with E-state index >= 15 is 0 Å². The summed E-state index contributed by atoms with van der Waals surface area (Å²) in [6.45, 7) is 0. The number of hydrogen-bond acceptors (Lipinski definition) is 4. The predicted molar refractivity (Wildman–Crippen MR) is 111 cm³/mol. The lowest BCUT2D eigenvalue weighted by molar-refractivity contribution is 0.0277. The first-order chi connectivity index (χ1) is 14.1. The third kappa shape index (κ3) is 3.87. The van der Waals surface area contributed by atoms with Gasteiger partial charge in [-0.15, -0.1) is 0 Å². The second kappa shape index (κ2) is 7.98. The summed E-state index contributed by atoms with van der Waals surface area (Å²) in [6, 6.07) is 28.0. The maximum atomic E-state index is 13.1. The number of phenols is 1. The van der Waals surface area contributed by atoms with Crippen molar-refractivity contribution < 1.29 is 19.4 Å². The second-order valence-corrected chi connectivity index (χ2v) is 6.64. The third-order valence-corrected chi connectivity index (χ3v) is 4.71. The Kier molecular flexibility index (Phi) is 5.08. The lowest BCUT2D eigenvalue weighted by atomic mass is 9.99. The minimum absolute atomic E-state index is 0.0190. The van der Waals surface area contributed by atoms with E-state index in [1.165, 1.54) is 6.07 Å². The highest BCUT2D eigenvalue weighted by Crippen LogP contribution is 2.29. The Balaban J connectivity index is 1.70. The Morgan fingerprint density at radius 2 is 1.28 bits per heavy atom. The number of ketones is 1. The van der Waals surface area contributed by atoms with Gasteiger partial charge in [0, 0.05) is 11.1 Å². The summed E-state index contributed by atoms with van der Waals surface area (Å²) in [5.74, 6) is -1.27. The van der Waals surface area contributed by atoms with Crippen molar-refractivity contribution in [1.82, 2.24) is 0 Å². The van der Waals surface area contributed by atoms with Crippen molar-refractivity contribution in [2.24, 2.45) is 0 Å². The van der Waals surface area contributed by atoms with Crippen LogP contribution in [0.2, 0.25) is 0 Å². The molecule has 4 nitrogen and oxygen atoms in total. The van der Waals surface area contributed by atoms with Crippen molar-refractivity contribution in [2.75, 3.05) is 0 Å². The minimum atomic E-state index is -1.11. The number of rotatable bonds is 5. The zero-order chi connectivity index (χ0) is 20.2. The Morgan fingerprint density at radius 3 is 1.93 bits per heavy atom. The molecule has 4 heteroatoms. The minimum Gasteiger partial charge on any atom is -0.507 e. The quantitative estimate of drug-likeness (QED) is 0.374. The van der Waals surface area contributed by atoms with Crippen LogP contribution in [0.25, 0.3) is 10.8 Å². The van der Waals surface area contributed by atoms with E-state index in [2.05, 4.69) is 0 Å². The fraction of sp³-hybridized carbons (Fsp3) is 0.0400. The number of phenolic OH excluding ortho intramolecular Hbond substituents is 1. The van der Waals surface area contributed by atoms with Gasteiger partial charge in [-0.3, -0.25) is 4.79 Å². The third-order valence-electron chi connectivity index (χ3n) is 4.71. The van der Waals surface area contributed by atoms with Crippen LogP contribution in [0.3, 0.4) is 0 Å². The van der Waals surface area contributed by atoms with Gasteiger partial charge < -0.3 is 9.84 Å². The molecule has 0 radical (unpaired) electrons. The number of Topliss-reactive ketones (excluding diaryl/α,β-unsaturated/α-hetero) is 1. The Hall–Kier alpha value is -3.92. The van der Waals surface area contributed by atoms with E-state index in [1.54, 1.807) is 54.6 Å². The maximum absolute atomic E-state index is 13.1. The molecule has 0 aliphatic carbocycles.